The zero-order valence-electron chi connectivity index (χ0n) is 13.9. The Morgan fingerprint density at radius 3 is 2.46 bits per heavy atom. The largest absolute Gasteiger partial charge is 0.497 e. The second-order valence-corrected chi connectivity index (χ2v) is 7.63. The van der Waals surface area contributed by atoms with Crippen LogP contribution in [0.5, 0.6) is 5.75 Å². The summed E-state index contributed by atoms with van der Waals surface area (Å²) in [6.45, 7) is 3.67. The summed E-state index contributed by atoms with van der Waals surface area (Å²) in [6, 6.07) is 13.4. The lowest BCUT2D eigenvalue weighted by Gasteiger charge is -2.15. The number of ether oxygens (including phenoxy) is 1. The van der Waals surface area contributed by atoms with Gasteiger partial charge in [0.05, 0.1) is 18.0 Å². The number of carbonyl (C=O) groups is 1. The summed E-state index contributed by atoms with van der Waals surface area (Å²) in [5, 5.41) is 2.71. The third-order valence-electron chi connectivity index (χ3n) is 3.67. The number of rotatable bonds is 6. The molecule has 0 saturated carbocycles. The van der Waals surface area contributed by atoms with E-state index >= 15 is 0 Å². The molecule has 0 aromatic heterocycles. The van der Waals surface area contributed by atoms with Crippen LogP contribution in [0, 0.1) is 6.92 Å². The van der Waals surface area contributed by atoms with E-state index in [9.17, 15) is 13.2 Å². The topological polar surface area (TPSA) is 72.5 Å². The maximum absolute atomic E-state index is 12.3. The van der Waals surface area contributed by atoms with Gasteiger partial charge in [-0.1, -0.05) is 29.8 Å². The molecule has 2 aromatic carbocycles. The molecule has 0 aliphatic carbocycles. The number of carbonyl (C=O) groups excluding carboxylic acids is 1. The van der Waals surface area contributed by atoms with Crippen LogP contribution in [0.1, 0.15) is 24.1 Å². The number of nitrogens with one attached hydrogen (secondary N) is 1. The van der Waals surface area contributed by atoms with Crippen LogP contribution in [0.4, 0.5) is 0 Å². The van der Waals surface area contributed by atoms with E-state index in [1.54, 1.807) is 38.3 Å². The summed E-state index contributed by atoms with van der Waals surface area (Å²) in [6.07, 6.45) is 0. The van der Waals surface area contributed by atoms with Crippen molar-refractivity contribution in [2.45, 2.75) is 24.8 Å². The number of sulfone groups is 1. The minimum atomic E-state index is -3.65. The molecule has 0 spiro atoms. The number of hydrogen-bond acceptors (Lipinski definition) is 4. The van der Waals surface area contributed by atoms with Crippen molar-refractivity contribution in [2.75, 3.05) is 12.9 Å². The van der Waals surface area contributed by atoms with Gasteiger partial charge in [-0.2, -0.15) is 0 Å². The summed E-state index contributed by atoms with van der Waals surface area (Å²) in [7, 11) is -2.09. The Balaban J connectivity index is 2.05. The molecule has 0 heterocycles. The van der Waals surface area contributed by atoms with Gasteiger partial charge in [0.1, 0.15) is 11.5 Å². The first-order valence-corrected chi connectivity index (χ1v) is 9.20. The Labute approximate surface area is 142 Å². The van der Waals surface area contributed by atoms with Gasteiger partial charge in [0.2, 0.25) is 5.91 Å². The average molecular weight is 347 g/mol. The van der Waals surface area contributed by atoms with E-state index in [1.807, 2.05) is 19.1 Å². The van der Waals surface area contributed by atoms with E-state index in [-0.39, 0.29) is 10.9 Å². The maximum Gasteiger partial charge on any atom is 0.236 e. The van der Waals surface area contributed by atoms with Crippen molar-refractivity contribution < 1.29 is 17.9 Å². The lowest BCUT2D eigenvalue weighted by Crippen LogP contribution is -2.32. The molecule has 128 valence electrons. The lowest BCUT2D eigenvalue weighted by molar-refractivity contribution is -0.119. The molecular weight excluding hydrogens is 326 g/mol. The lowest BCUT2D eigenvalue weighted by atomic mass is 10.1. The molecular formula is C18H21NO4S. The molecule has 0 fully saturated rings. The summed E-state index contributed by atoms with van der Waals surface area (Å²) in [4.78, 5) is 12.3. The molecule has 5 nitrogen and oxygen atoms in total. The third-order valence-corrected chi connectivity index (χ3v) is 5.31. The Hall–Kier alpha value is -2.34. The van der Waals surface area contributed by atoms with Crippen molar-refractivity contribution in [1.29, 1.82) is 0 Å². The van der Waals surface area contributed by atoms with E-state index in [4.69, 9.17) is 4.74 Å². The van der Waals surface area contributed by atoms with Crippen molar-refractivity contribution >= 4 is 15.7 Å². The number of amides is 1. The molecule has 1 N–H and O–H groups in total. The summed E-state index contributed by atoms with van der Waals surface area (Å²) in [5.41, 5.74) is 1.81. The molecule has 0 aliphatic heterocycles. The Kier molecular flexibility index (Phi) is 5.62. The molecule has 0 saturated heterocycles. The summed E-state index contributed by atoms with van der Waals surface area (Å²) in [5.74, 6) is -0.434. The van der Waals surface area contributed by atoms with Crippen molar-refractivity contribution in [3.8, 4) is 5.75 Å². The molecule has 24 heavy (non-hydrogen) atoms. The van der Waals surface area contributed by atoms with E-state index < -0.39 is 21.5 Å². The molecule has 0 aliphatic rings. The Bertz CT molecular complexity index is 813. The van der Waals surface area contributed by atoms with Crippen molar-refractivity contribution in [2.24, 2.45) is 0 Å². The van der Waals surface area contributed by atoms with Crippen molar-refractivity contribution in [3.05, 3.63) is 59.7 Å². The average Bonchev–Trinajstić information content (AvgIpc) is 2.54. The fraction of sp³-hybridized carbons (Fsp3) is 0.278. The normalized spacial score (nSPS) is 12.5. The quantitative estimate of drug-likeness (QED) is 0.872. The Morgan fingerprint density at radius 1 is 1.17 bits per heavy atom. The predicted octanol–water partition coefficient (Wildman–Crippen LogP) is 2.65. The zero-order chi connectivity index (χ0) is 17.7. The first-order chi connectivity index (χ1) is 11.3. The highest BCUT2D eigenvalue weighted by atomic mass is 32.2. The van der Waals surface area contributed by atoms with Crippen LogP contribution in [0.2, 0.25) is 0 Å². The van der Waals surface area contributed by atoms with Crippen molar-refractivity contribution in [1.82, 2.24) is 5.32 Å². The second kappa shape index (κ2) is 7.49. The van der Waals surface area contributed by atoms with Gasteiger partial charge in [-0.3, -0.25) is 4.79 Å². The van der Waals surface area contributed by atoms with Crippen LogP contribution in [0.25, 0.3) is 0 Å². The van der Waals surface area contributed by atoms with Crippen LogP contribution in [0.3, 0.4) is 0 Å². The zero-order valence-corrected chi connectivity index (χ0v) is 14.8. The van der Waals surface area contributed by atoms with Gasteiger partial charge in [-0.25, -0.2) is 8.42 Å². The second-order valence-electron chi connectivity index (χ2n) is 5.64. The SMILES string of the molecule is COc1cccc([C@@H](C)NC(=O)CS(=O)(=O)c2ccc(C)cc2)c1. The van der Waals surface area contributed by atoms with Crippen LogP contribution in [-0.4, -0.2) is 27.2 Å². The highest BCUT2D eigenvalue weighted by Crippen LogP contribution is 2.19. The Morgan fingerprint density at radius 2 is 1.83 bits per heavy atom. The third kappa shape index (κ3) is 4.58. The first kappa shape index (κ1) is 18.0. The first-order valence-electron chi connectivity index (χ1n) is 7.54. The molecule has 6 heteroatoms. The summed E-state index contributed by atoms with van der Waals surface area (Å²) >= 11 is 0. The fourth-order valence-corrected chi connectivity index (χ4v) is 3.42. The van der Waals surface area contributed by atoms with Gasteiger partial charge in [-0.15, -0.1) is 0 Å². The van der Waals surface area contributed by atoms with Crippen LogP contribution in [-0.2, 0) is 14.6 Å². The van der Waals surface area contributed by atoms with Crippen LogP contribution < -0.4 is 10.1 Å². The smallest absolute Gasteiger partial charge is 0.236 e. The van der Waals surface area contributed by atoms with Crippen LogP contribution in [0.15, 0.2) is 53.4 Å². The van der Waals surface area contributed by atoms with Gasteiger partial charge in [-0.05, 0) is 43.7 Å². The van der Waals surface area contributed by atoms with E-state index in [2.05, 4.69) is 5.32 Å². The van der Waals surface area contributed by atoms with Gasteiger partial charge < -0.3 is 10.1 Å². The van der Waals surface area contributed by atoms with Crippen molar-refractivity contribution in [3.63, 3.8) is 0 Å². The van der Waals surface area contributed by atoms with E-state index in [1.165, 1.54) is 12.1 Å². The maximum atomic E-state index is 12.3. The molecule has 2 aromatic rings. The number of methoxy groups -OCH3 is 1. The molecule has 1 amide bonds. The standard InChI is InChI=1S/C18H21NO4S/c1-13-7-9-17(10-8-13)24(21,22)12-18(20)19-14(2)15-5-4-6-16(11-15)23-3/h4-11,14H,12H2,1-3H3,(H,19,20)/t14-/m1/s1. The van der Waals surface area contributed by atoms with Gasteiger partial charge in [0, 0.05) is 0 Å². The minimum Gasteiger partial charge on any atom is -0.497 e. The molecule has 0 unspecified atom stereocenters. The number of aryl methyl sites for hydroxylation is 1. The highest BCUT2D eigenvalue weighted by molar-refractivity contribution is 7.92. The number of hydrogen-bond donors (Lipinski definition) is 1. The van der Waals surface area contributed by atoms with Gasteiger partial charge in [0.15, 0.2) is 9.84 Å². The van der Waals surface area contributed by atoms with E-state index in [0.717, 1.165) is 11.1 Å². The highest BCUT2D eigenvalue weighted by Gasteiger charge is 2.20. The minimum absolute atomic E-state index is 0.150. The summed E-state index contributed by atoms with van der Waals surface area (Å²) < 4.78 is 29.7. The molecule has 0 radical (unpaired) electrons. The molecule has 1 atom stereocenters. The van der Waals surface area contributed by atoms with Crippen LogP contribution >= 0.6 is 0 Å². The fourth-order valence-electron chi connectivity index (χ4n) is 2.28. The molecule has 2 rings (SSSR count). The van der Waals surface area contributed by atoms with Gasteiger partial charge in [0.25, 0.3) is 0 Å². The number of benzene rings is 2. The molecule has 0 bridgehead atoms. The van der Waals surface area contributed by atoms with E-state index in [0.29, 0.717) is 5.75 Å². The monoisotopic (exact) mass is 347 g/mol. The predicted molar refractivity (Wildman–Crippen MR) is 92.8 cm³/mol. The van der Waals surface area contributed by atoms with Gasteiger partial charge >= 0.3 is 0 Å².